The molecular formula is C18H26BN2O9-. The summed E-state index contributed by atoms with van der Waals surface area (Å²) in [5.74, 6) is -1.08. The SMILES string of the molecule is N[C@@H](CCC(=O)O)CC(=O)N1CC(Oc2ccc3c(c2C(O)O)O[B-](O)(O)CC3)C1. The molecule has 2 aliphatic rings. The quantitative estimate of drug-likeness (QED) is 0.216. The van der Waals surface area contributed by atoms with E-state index in [1.165, 1.54) is 4.90 Å². The van der Waals surface area contributed by atoms with Crippen molar-refractivity contribution in [3.8, 4) is 11.5 Å². The summed E-state index contributed by atoms with van der Waals surface area (Å²) in [5, 5.41) is 47.8. The fourth-order valence-corrected chi connectivity index (χ4v) is 3.56. The van der Waals surface area contributed by atoms with Gasteiger partial charge in [-0.05, 0) is 24.5 Å². The van der Waals surface area contributed by atoms with Crippen molar-refractivity contribution >= 4 is 18.6 Å². The van der Waals surface area contributed by atoms with Gasteiger partial charge in [0, 0.05) is 18.9 Å². The number of nitrogens with two attached hydrogens (primary N) is 1. The molecular weight excluding hydrogens is 399 g/mol. The molecule has 1 saturated heterocycles. The zero-order valence-corrected chi connectivity index (χ0v) is 16.3. The van der Waals surface area contributed by atoms with E-state index < -0.39 is 31.2 Å². The van der Waals surface area contributed by atoms with Crippen LogP contribution in [0.15, 0.2) is 12.1 Å². The fourth-order valence-electron chi connectivity index (χ4n) is 3.56. The van der Waals surface area contributed by atoms with E-state index in [9.17, 15) is 29.9 Å². The number of aliphatic hydroxyl groups excluding tert-OH is 1. The summed E-state index contributed by atoms with van der Waals surface area (Å²) < 4.78 is 11.0. The summed E-state index contributed by atoms with van der Waals surface area (Å²) in [6.07, 6.45) is -1.91. The van der Waals surface area contributed by atoms with Crippen LogP contribution in [-0.4, -0.2) is 74.1 Å². The molecule has 7 N–H and O–H groups in total. The molecule has 12 heteroatoms. The van der Waals surface area contributed by atoms with Gasteiger partial charge in [-0.2, -0.15) is 0 Å². The first-order valence-corrected chi connectivity index (χ1v) is 9.78. The van der Waals surface area contributed by atoms with Crippen LogP contribution in [0.2, 0.25) is 6.32 Å². The topological polar surface area (TPSA) is 183 Å². The summed E-state index contributed by atoms with van der Waals surface area (Å²) in [6.45, 7) is -2.56. The minimum absolute atomic E-state index is 0.00245. The number of aliphatic carboxylic acids is 1. The number of carbonyl (C=O) groups excluding carboxylic acids is 1. The molecule has 0 aliphatic carbocycles. The van der Waals surface area contributed by atoms with Gasteiger partial charge in [-0.1, -0.05) is 12.4 Å². The van der Waals surface area contributed by atoms with Crippen LogP contribution in [0.1, 0.15) is 36.7 Å². The smallest absolute Gasteiger partial charge is 0.430 e. The van der Waals surface area contributed by atoms with Crippen molar-refractivity contribution in [3.63, 3.8) is 0 Å². The molecule has 0 spiro atoms. The third kappa shape index (κ3) is 5.21. The number of carboxylic acids is 1. The number of aryl methyl sites for hydroxylation is 1. The second kappa shape index (κ2) is 8.78. The number of fused-ring (bicyclic) bond motifs is 1. The number of likely N-dealkylation sites (tertiary alicyclic amines) is 1. The number of nitrogens with zero attached hydrogens (tertiary/aromatic N) is 1. The molecule has 1 aromatic carbocycles. The van der Waals surface area contributed by atoms with Crippen LogP contribution in [0.5, 0.6) is 11.5 Å². The summed E-state index contributed by atoms with van der Waals surface area (Å²) >= 11 is 0. The molecule has 0 saturated carbocycles. The maximum absolute atomic E-state index is 12.2. The van der Waals surface area contributed by atoms with Crippen molar-refractivity contribution in [3.05, 3.63) is 23.3 Å². The van der Waals surface area contributed by atoms with Crippen molar-refractivity contribution in [1.29, 1.82) is 0 Å². The van der Waals surface area contributed by atoms with Crippen LogP contribution < -0.4 is 15.1 Å². The van der Waals surface area contributed by atoms with Gasteiger partial charge in [-0.25, -0.2) is 0 Å². The van der Waals surface area contributed by atoms with Gasteiger partial charge in [0.15, 0.2) is 6.29 Å². The Morgan fingerprint density at radius 2 is 2.00 bits per heavy atom. The summed E-state index contributed by atoms with van der Waals surface area (Å²) in [6, 6.07) is 2.67. The van der Waals surface area contributed by atoms with Crippen molar-refractivity contribution < 1.29 is 44.3 Å². The van der Waals surface area contributed by atoms with Gasteiger partial charge in [0.05, 0.1) is 24.4 Å². The number of benzene rings is 1. The molecule has 0 bridgehead atoms. The lowest BCUT2D eigenvalue weighted by Crippen LogP contribution is -2.57. The largest absolute Gasteiger partial charge is 0.670 e. The summed E-state index contributed by atoms with van der Waals surface area (Å²) in [5.41, 5.74) is 6.29. The molecule has 166 valence electrons. The van der Waals surface area contributed by atoms with E-state index in [1.54, 1.807) is 12.1 Å². The highest BCUT2D eigenvalue weighted by Gasteiger charge is 2.36. The van der Waals surface area contributed by atoms with Gasteiger partial charge in [0.25, 0.3) is 0 Å². The zero-order chi connectivity index (χ0) is 22.1. The standard InChI is InChI=1S/C18H26BN2O9/c20-11(2-4-15(23)24)7-14(22)21-8-12(9-21)29-13-3-1-10-5-6-19(27,28)30-17(10)16(13)18(25)26/h1,3,11-12,18,25-28H,2,4-9,20H2,(H,23,24)/q-1/t11-/m0/s1. The number of aliphatic hydroxyl groups is 2. The Hall–Kier alpha value is -2.38. The van der Waals surface area contributed by atoms with E-state index in [0.29, 0.717) is 12.0 Å². The van der Waals surface area contributed by atoms with E-state index >= 15 is 0 Å². The van der Waals surface area contributed by atoms with Crippen LogP contribution >= 0.6 is 0 Å². The van der Waals surface area contributed by atoms with Gasteiger partial charge in [0.1, 0.15) is 11.9 Å². The molecule has 1 atom stereocenters. The predicted octanol–water partition coefficient (Wildman–Crippen LogP) is -1.30. The first-order valence-electron chi connectivity index (χ1n) is 9.78. The van der Waals surface area contributed by atoms with Crippen LogP contribution in [-0.2, 0) is 16.0 Å². The van der Waals surface area contributed by atoms with E-state index in [1.807, 2.05) is 0 Å². The van der Waals surface area contributed by atoms with E-state index in [-0.39, 0.29) is 61.6 Å². The lowest BCUT2D eigenvalue weighted by atomic mass is 9.70. The number of carbonyl (C=O) groups is 2. The van der Waals surface area contributed by atoms with Gasteiger partial charge in [0.2, 0.25) is 5.91 Å². The van der Waals surface area contributed by atoms with E-state index in [2.05, 4.69) is 0 Å². The summed E-state index contributed by atoms with van der Waals surface area (Å²) in [4.78, 5) is 24.3. The molecule has 0 aromatic heterocycles. The molecule has 2 heterocycles. The average molecular weight is 425 g/mol. The number of amides is 1. The van der Waals surface area contributed by atoms with Crippen molar-refractivity contribution in [1.82, 2.24) is 4.90 Å². The molecule has 2 aliphatic heterocycles. The van der Waals surface area contributed by atoms with E-state index in [4.69, 9.17) is 20.2 Å². The Morgan fingerprint density at radius 1 is 1.30 bits per heavy atom. The normalized spacial score (nSPS) is 18.9. The Balaban J connectivity index is 1.59. The Kier molecular flexibility index (Phi) is 6.53. The zero-order valence-electron chi connectivity index (χ0n) is 16.3. The third-order valence-corrected chi connectivity index (χ3v) is 5.25. The number of ether oxygens (including phenoxy) is 1. The molecule has 1 amide bonds. The lowest BCUT2D eigenvalue weighted by Gasteiger charge is -2.41. The van der Waals surface area contributed by atoms with Crippen LogP contribution in [0.4, 0.5) is 0 Å². The van der Waals surface area contributed by atoms with Gasteiger partial charge in [-0.15, -0.1) is 0 Å². The third-order valence-electron chi connectivity index (χ3n) is 5.25. The Labute approximate surface area is 172 Å². The second-order valence-electron chi connectivity index (χ2n) is 7.79. The lowest BCUT2D eigenvalue weighted by molar-refractivity contribution is -0.141. The maximum atomic E-state index is 12.2. The van der Waals surface area contributed by atoms with Gasteiger partial charge < -0.3 is 45.4 Å². The van der Waals surface area contributed by atoms with Crippen LogP contribution in [0, 0.1) is 0 Å². The van der Waals surface area contributed by atoms with E-state index in [0.717, 1.165) is 0 Å². The maximum Gasteiger partial charge on any atom is 0.430 e. The first-order chi connectivity index (χ1) is 14.1. The highest BCUT2D eigenvalue weighted by Crippen LogP contribution is 2.41. The molecule has 0 radical (unpaired) electrons. The predicted molar refractivity (Wildman–Crippen MR) is 103 cm³/mol. The van der Waals surface area contributed by atoms with Crippen molar-refractivity contribution in [2.75, 3.05) is 13.1 Å². The second-order valence-corrected chi connectivity index (χ2v) is 7.79. The summed E-state index contributed by atoms with van der Waals surface area (Å²) in [7, 11) is 0. The molecule has 0 unspecified atom stereocenters. The van der Waals surface area contributed by atoms with Crippen LogP contribution in [0.3, 0.4) is 0 Å². The Bertz CT molecular complexity index is 811. The van der Waals surface area contributed by atoms with Crippen LogP contribution in [0.25, 0.3) is 0 Å². The highest BCUT2D eigenvalue weighted by molar-refractivity contribution is 6.58. The molecule has 3 rings (SSSR count). The van der Waals surface area contributed by atoms with Crippen molar-refractivity contribution in [2.45, 2.75) is 50.4 Å². The minimum atomic E-state index is -3.08. The van der Waals surface area contributed by atoms with Gasteiger partial charge >= 0.3 is 12.7 Å². The molecule has 1 aromatic rings. The first kappa shape index (κ1) is 22.3. The minimum Gasteiger partial charge on any atom is -0.670 e. The molecule has 1 fully saturated rings. The fraction of sp³-hybridized carbons (Fsp3) is 0.556. The highest BCUT2D eigenvalue weighted by atomic mass is 16.6. The molecule has 11 nitrogen and oxygen atoms in total. The number of hydrogen-bond donors (Lipinski definition) is 6. The Morgan fingerprint density at radius 3 is 2.63 bits per heavy atom. The molecule has 30 heavy (non-hydrogen) atoms. The number of carboxylic acid groups (broad SMARTS) is 1. The number of rotatable bonds is 8. The average Bonchev–Trinajstić information content (AvgIpc) is 2.60. The number of hydrogen-bond acceptors (Lipinski definition) is 9. The van der Waals surface area contributed by atoms with Gasteiger partial charge in [-0.3, -0.25) is 9.59 Å². The van der Waals surface area contributed by atoms with Crippen molar-refractivity contribution in [2.24, 2.45) is 5.73 Å². The monoisotopic (exact) mass is 425 g/mol.